The van der Waals surface area contributed by atoms with Gasteiger partial charge >= 0.3 is 0 Å². The summed E-state index contributed by atoms with van der Waals surface area (Å²) in [7, 11) is 0. The van der Waals surface area contributed by atoms with Crippen molar-refractivity contribution in [3.8, 4) is 11.5 Å². The van der Waals surface area contributed by atoms with Gasteiger partial charge in [0.25, 0.3) is 0 Å². The lowest BCUT2D eigenvalue weighted by atomic mass is 10.1. The molecule has 112 valence electrons. The first-order chi connectivity index (χ1) is 10.3. The van der Waals surface area contributed by atoms with Crippen LogP contribution in [0.3, 0.4) is 0 Å². The zero-order chi connectivity index (χ0) is 14.9. The molecule has 0 unspecified atom stereocenters. The van der Waals surface area contributed by atoms with E-state index in [9.17, 15) is 0 Å². The second-order valence-electron chi connectivity index (χ2n) is 4.81. The highest BCUT2D eigenvalue weighted by Gasteiger charge is 2.06. The fourth-order valence-corrected chi connectivity index (χ4v) is 2.14. The van der Waals surface area contributed by atoms with Crippen molar-refractivity contribution in [3.63, 3.8) is 0 Å². The van der Waals surface area contributed by atoms with E-state index in [0.717, 1.165) is 24.2 Å². The van der Waals surface area contributed by atoms with E-state index < -0.39 is 0 Å². The minimum atomic E-state index is 0.00830. The minimum Gasteiger partial charge on any atom is -0.490 e. The first-order valence-corrected chi connectivity index (χ1v) is 7.36. The highest BCUT2D eigenvalue weighted by atomic mass is 16.5. The molecule has 3 nitrogen and oxygen atoms in total. The number of ether oxygens (including phenoxy) is 2. The largest absolute Gasteiger partial charge is 0.490 e. The van der Waals surface area contributed by atoms with Gasteiger partial charge in [-0.2, -0.15) is 0 Å². The Bertz CT molecular complexity index is 537. The predicted octanol–water partition coefficient (Wildman–Crippen LogP) is 3.59. The van der Waals surface area contributed by atoms with E-state index in [1.807, 2.05) is 31.2 Å². The Balaban J connectivity index is 1.87. The third-order valence-corrected chi connectivity index (χ3v) is 3.20. The van der Waals surface area contributed by atoms with Crippen LogP contribution in [-0.2, 0) is 13.0 Å². The average molecular weight is 286 g/mol. The summed E-state index contributed by atoms with van der Waals surface area (Å²) in [6.07, 6.45) is 1.96. The van der Waals surface area contributed by atoms with Crippen molar-refractivity contribution < 1.29 is 14.6 Å². The summed E-state index contributed by atoms with van der Waals surface area (Å²) in [5.74, 6) is 1.44. The van der Waals surface area contributed by atoms with Gasteiger partial charge in [0.15, 0.2) is 11.5 Å². The predicted molar refractivity (Wildman–Crippen MR) is 83.8 cm³/mol. The Morgan fingerprint density at radius 3 is 2.43 bits per heavy atom. The van der Waals surface area contributed by atoms with Crippen molar-refractivity contribution in [1.82, 2.24) is 0 Å². The molecule has 21 heavy (non-hydrogen) atoms. The standard InChI is InChI=1S/C18H22O3/c1-2-20-18-13-16(14-19)10-11-17(18)21-12-6-9-15-7-4-3-5-8-15/h3-5,7-8,10-11,13,19H,2,6,9,12,14H2,1H3. The fourth-order valence-electron chi connectivity index (χ4n) is 2.14. The zero-order valence-corrected chi connectivity index (χ0v) is 12.4. The van der Waals surface area contributed by atoms with Crippen molar-refractivity contribution in [3.05, 3.63) is 59.7 Å². The van der Waals surface area contributed by atoms with Crippen LogP contribution >= 0.6 is 0 Å². The molecule has 0 spiro atoms. The van der Waals surface area contributed by atoms with E-state index in [0.29, 0.717) is 19.0 Å². The fraction of sp³-hybridized carbons (Fsp3) is 0.333. The number of aliphatic hydroxyl groups excluding tert-OH is 1. The van der Waals surface area contributed by atoms with E-state index >= 15 is 0 Å². The highest BCUT2D eigenvalue weighted by molar-refractivity contribution is 5.42. The number of aryl methyl sites for hydroxylation is 1. The summed E-state index contributed by atoms with van der Waals surface area (Å²) < 4.78 is 11.4. The van der Waals surface area contributed by atoms with Crippen LogP contribution in [0.2, 0.25) is 0 Å². The number of hydrogen-bond acceptors (Lipinski definition) is 3. The summed E-state index contributed by atoms with van der Waals surface area (Å²) >= 11 is 0. The molecule has 0 saturated carbocycles. The smallest absolute Gasteiger partial charge is 0.161 e. The van der Waals surface area contributed by atoms with Gasteiger partial charge in [-0.15, -0.1) is 0 Å². The molecule has 0 bridgehead atoms. The van der Waals surface area contributed by atoms with Crippen molar-refractivity contribution in [2.24, 2.45) is 0 Å². The molecular formula is C18H22O3. The Morgan fingerprint density at radius 1 is 0.905 bits per heavy atom. The lowest BCUT2D eigenvalue weighted by molar-refractivity contribution is 0.267. The molecule has 3 heteroatoms. The van der Waals surface area contributed by atoms with Gasteiger partial charge in [-0.05, 0) is 43.0 Å². The first kappa shape index (κ1) is 15.4. The molecule has 2 rings (SSSR count). The third-order valence-electron chi connectivity index (χ3n) is 3.20. The minimum absolute atomic E-state index is 0.00830. The molecule has 0 saturated heterocycles. The molecule has 0 heterocycles. The van der Waals surface area contributed by atoms with Gasteiger partial charge in [-0.3, -0.25) is 0 Å². The summed E-state index contributed by atoms with van der Waals surface area (Å²) in [6.45, 7) is 3.17. The molecular weight excluding hydrogens is 264 g/mol. The third kappa shape index (κ3) is 4.80. The Labute approximate surface area is 126 Å². The number of hydrogen-bond donors (Lipinski definition) is 1. The summed E-state index contributed by atoms with van der Waals surface area (Å²) in [6, 6.07) is 15.9. The number of rotatable bonds is 8. The maximum absolute atomic E-state index is 9.16. The quantitative estimate of drug-likeness (QED) is 0.754. The molecule has 0 aliphatic rings. The van der Waals surface area contributed by atoms with Crippen LogP contribution in [0.25, 0.3) is 0 Å². The Morgan fingerprint density at radius 2 is 1.71 bits per heavy atom. The maximum atomic E-state index is 9.16. The van der Waals surface area contributed by atoms with Gasteiger partial charge < -0.3 is 14.6 Å². The monoisotopic (exact) mass is 286 g/mol. The van der Waals surface area contributed by atoms with E-state index in [1.54, 1.807) is 0 Å². The van der Waals surface area contributed by atoms with Crippen molar-refractivity contribution >= 4 is 0 Å². The number of aliphatic hydroxyl groups is 1. The van der Waals surface area contributed by atoms with Gasteiger partial charge in [0.1, 0.15) is 0 Å². The highest BCUT2D eigenvalue weighted by Crippen LogP contribution is 2.28. The Hall–Kier alpha value is -2.00. The first-order valence-electron chi connectivity index (χ1n) is 7.36. The Kier molecular flexibility index (Phi) is 6.10. The van der Waals surface area contributed by atoms with E-state index in [1.165, 1.54) is 5.56 Å². The molecule has 0 radical (unpaired) electrons. The summed E-state index contributed by atoms with van der Waals surface area (Å²) in [5, 5.41) is 9.16. The van der Waals surface area contributed by atoms with Crippen molar-refractivity contribution in [2.45, 2.75) is 26.4 Å². The van der Waals surface area contributed by atoms with E-state index in [2.05, 4.69) is 24.3 Å². The lowest BCUT2D eigenvalue weighted by Gasteiger charge is -2.13. The number of benzene rings is 2. The maximum Gasteiger partial charge on any atom is 0.161 e. The second kappa shape index (κ2) is 8.32. The summed E-state index contributed by atoms with van der Waals surface area (Å²) in [5.41, 5.74) is 2.15. The van der Waals surface area contributed by atoms with E-state index in [4.69, 9.17) is 14.6 Å². The average Bonchev–Trinajstić information content (AvgIpc) is 2.54. The van der Waals surface area contributed by atoms with Crippen LogP contribution in [0, 0.1) is 0 Å². The zero-order valence-electron chi connectivity index (χ0n) is 12.4. The molecule has 2 aromatic rings. The van der Waals surface area contributed by atoms with Crippen LogP contribution in [0.5, 0.6) is 11.5 Å². The van der Waals surface area contributed by atoms with Gasteiger partial charge in [-0.25, -0.2) is 0 Å². The van der Waals surface area contributed by atoms with Gasteiger partial charge in [-0.1, -0.05) is 36.4 Å². The lowest BCUT2D eigenvalue weighted by Crippen LogP contribution is -2.02. The van der Waals surface area contributed by atoms with Crippen molar-refractivity contribution in [1.29, 1.82) is 0 Å². The van der Waals surface area contributed by atoms with Gasteiger partial charge in [0.05, 0.1) is 19.8 Å². The molecule has 0 aliphatic carbocycles. The van der Waals surface area contributed by atoms with Crippen LogP contribution in [0.15, 0.2) is 48.5 Å². The van der Waals surface area contributed by atoms with Crippen LogP contribution in [0.4, 0.5) is 0 Å². The van der Waals surface area contributed by atoms with Gasteiger partial charge in [0.2, 0.25) is 0 Å². The topological polar surface area (TPSA) is 38.7 Å². The summed E-state index contributed by atoms with van der Waals surface area (Å²) in [4.78, 5) is 0. The molecule has 1 N–H and O–H groups in total. The molecule has 0 amide bonds. The van der Waals surface area contributed by atoms with Crippen LogP contribution < -0.4 is 9.47 Å². The van der Waals surface area contributed by atoms with Gasteiger partial charge in [0, 0.05) is 0 Å². The molecule has 0 aromatic heterocycles. The second-order valence-corrected chi connectivity index (χ2v) is 4.81. The molecule has 0 atom stereocenters. The van der Waals surface area contributed by atoms with E-state index in [-0.39, 0.29) is 6.61 Å². The molecule has 2 aromatic carbocycles. The SMILES string of the molecule is CCOc1cc(CO)ccc1OCCCc1ccccc1. The normalized spacial score (nSPS) is 10.4. The van der Waals surface area contributed by atoms with Crippen molar-refractivity contribution in [2.75, 3.05) is 13.2 Å². The molecule has 0 aliphatic heterocycles. The molecule has 0 fully saturated rings. The van der Waals surface area contributed by atoms with Crippen LogP contribution in [-0.4, -0.2) is 18.3 Å². The van der Waals surface area contributed by atoms with Crippen LogP contribution in [0.1, 0.15) is 24.5 Å².